The molecule has 0 unspecified atom stereocenters. The zero-order valence-corrected chi connectivity index (χ0v) is 18.5. The third kappa shape index (κ3) is 4.60. The summed E-state index contributed by atoms with van der Waals surface area (Å²) in [5, 5.41) is 3.00. The molecule has 0 atom stereocenters. The van der Waals surface area contributed by atoms with E-state index in [1.165, 1.54) is 5.82 Å². The quantitative estimate of drug-likeness (QED) is 0.419. The van der Waals surface area contributed by atoms with Crippen molar-refractivity contribution in [3.05, 3.63) is 90.9 Å². The van der Waals surface area contributed by atoms with Gasteiger partial charge in [-0.05, 0) is 67.1 Å². The van der Waals surface area contributed by atoms with E-state index in [4.69, 9.17) is 9.47 Å². The van der Waals surface area contributed by atoms with Crippen LogP contribution in [0.5, 0.6) is 17.2 Å². The second-order valence-corrected chi connectivity index (χ2v) is 8.03. The normalized spacial score (nSPS) is 12.3. The highest BCUT2D eigenvalue weighted by atomic mass is 16.5. The van der Waals surface area contributed by atoms with Crippen LogP contribution in [0.25, 0.3) is 11.3 Å². The Morgan fingerprint density at radius 2 is 1.64 bits per heavy atom. The van der Waals surface area contributed by atoms with Crippen LogP contribution in [0.2, 0.25) is 0 Å². The maximum atomic E-state index is 12.8. The third-order valence-corrected chi connectivity index (χ3v) is 5.81. The highest BCUT2D eigenvalue weighted by Gasteiger charge is 2.29. The second-order valence-electron chi connectivity index (χ2n) is 8.03. The van der Waals surface area contributed by atoms with Crippen LogP contribution in [0, 0.1) is 0 Å². The maximum absolute atomic E-state index is 12.8. The number of carbonyl (C=O) groups excluding carboxylic acids is 1. The lowest BCUT2D eigenvalue weighted by molar-refractivity contribution is -0.690. The number of aromatic nitrogens is 2. The molecule has 0 fully saturated rings. The number of hydrogen-bond donors (Lipinski definition) is 1. The molecule has 0 bridgehead atoms. The number of para-hydroxylation sites is 1. The van der Waals surface area contributed by atoms with Gasteiger partial charge in [0.15, 0.2) is 12.2 Å². The average Bonchev–Trinajstić information content (AvgIpc) is 3.45. The molecule has 1 aliphatic rings. The molecule has 1 N–H and O–H groups in total. The molecule has 0 spiro atoms. The Hall–Kier alpha value is -4.06. The Labute approximate surface area is 193 Å². The zero-order chi connectivity index (χ0) is 22.6. The van der Waals surface area contributed by atoms with Crippen molar-refractivity contribution in [2.45, 2.75) is 25.9 Å². The SMILES string of the molecule is COc1ccc(-c2c[n+](CC(=O)Nc3ccc(Oc4ccccc4)cc3)c3n2CCC3)cc1. The largest absolute Gasteiger partial charge is 0.497 e. The van der Waals surface area contributed by atoms with Gasteiger partial charge in [0.1, 0.15) is 23.4 Å². The van der Waals surface area contributed by atoms with Crippen molar-refractivity contribution in [1.82, 2.24) is 4.57 Å². The van der Waals surface area contributed by atoms with Crippen molar-refractivity contribution >= 4 is 11.6 Å². The Morgan fingerprint density at radius 1 is 0.939 bits per heavy atom. The summed E-state index contributed by atoms with van der Waals surface area (Å²) in [5.41, 5.74) is 2.99. The molecule has 1 amide bonds. The number of benzene rings is 3. The molecule has 0 saturated heterocycles. The van der Waals surface area contributed by atoms with Gasteiger partial charge in [0, 0.05) is 11.3 Å². The molecular formula is C27H26N3O3+. The van der Waals surface area contributed by atoms with Crippen molar-refractivity contribution in [2.24, 2.45) is 0 Å². The number of methoxy groups -OCH3 is 1. The summed E-state index contributed by atoms with van der Waals surface area (Å²) in [6.45, 7) is 1.24. The molecule has 6 nitrogen and oxygen atoms in total. The fraction of sp³-hybridized carbons (Fsp3) is 0.185. The molecule has 6 heteroatoms. The van der Waals surface area contributed by atoms with Gasteiger partial charge in [-0.3, -0.25) is 4.79 Å². The van der Waals surface area contributed by atoms with E-state index in [1.54, 1.807) is 7.11 Å². The molecule has 1 aromatic heterocycles. The highest BCUT2D eigenvalue weighted by molar-refractivity contribution is 5.89. The van der Waals surface area contributed by atoms with Crippen LogP contribution in [0.1, 0.15) is 12.2 Å². The van der Waals surface area contributed by atoms with Crippen LogP contribution < -0.4 is 19.4 Å². The number of imidazole rings is 1. The number of nitrogens with zero attached hydrogens (tertiary/aromatic N) is 2. The monoisotopic (exact) mass is 440 g/mol. The highest BCUT2D eigenvalue weighted by Crippen LogP contribution is 2.27. The first kappa shape index (κ1) is 20.8. The lowest BCUT2D eigenvalue weighted by Gasteiger charge is -2.08. The molecular weight excluding hydrogens is 414 g/mol. The van der Waals surface area contributed by atoms with E-state index in [-0.39, 0.29) is 12.5 Å². The molecule has 4 aromatic rings. The predicted octanol–water partition coefficient (Wildman–Crippen LogP) is 4.83. The summed E-state index contributed by atoms with van der Waals surface area (Å²) in [7, 11) is 1.67. The molecule has 0 radical (unpaired) electrons. The molecule has 3 aromatic carbocycles. The summed E-state index contributed by atoms with van der Waals surface area (Å²) in [6.07, 6.45) is 4.13. The van der Waals surface area contributed by atoms with Crippen molar-refractivity contribution in [1.29, 1.82) is 0 Å². The predicted molar refractivity (Wildman–Crippen MR) is 127 cm³/mol. The summed E-state index contributed by atoms with van der Waals surface area (Å²) in [4.78, 5) is 12.8. The van der Waals surface area contributed by atoms with E-state index in [9.17, 15) is 4.79 Å². The Balaban J connectivity index is 1.27. The third-order valence-electron chi connectivity index (χ3n) is 5.81. The fourth-order valence-corrected chi connectivity index (χ4v) is 4.22. The molecule has 2 heterocycles. The number of carbonyl (C=O) groups is 1. The summed E-state index contributed by atoms with van der Waals surface area (Å²) in [6, 6.07) is 25.1. The smallest absolute Gasteiger partial charge is 0.266 e. The standard InChI is InChI=1S/C27H25N3O3/c1-32-22-13-9-20(10-14-22)25-18-29(27-8-5-17-30(25)27)19-26(31)28-21-11-15-24(16-12-21)33-23-6-3-2-4-7-23/h2-4,6-7,9-16,18H,5,8,17,19H2,1H3/p+1. The first-order chi connectivity index (χ1) is 16.2. The second kappa shape index (κ2) is 9.20. The van der Waals surface area contributed by atoms with Gasteiger partial charge in [-0.15, -0.1) is 0 Å². The number of fused-ring (bicyclic) bond motifs is 1. The lowest BCUT2D eigenvalue weighted by atomic mass is 10.1. The van der Waals surface area contributed by atoms with Gasteiger partial charge in [0.25, 0.3) is 11.7 Å². The zero-order valence-electron chi connectivity index (χ0n) is 18.5. The first-order valence-corrected chi connectivity index (χ1v) is 11.1. The molecule has 0 saturated carbocycles. The van der Waals surface area contributed by atoms with Gasteiger partial charge < -0.3 is 14.8 Å². The van der Waals surface area contributed by atoms with E-state index < -0.39 is 0 Å². The first-order valence-electron chi connectivity index (χ1n) is 11.1. The molecule has 0 aliphatic carbocycles. The van der Waals surface area contributed by atoms with Crippen molar-refractivity contribution in [3.63, 3.8) is 0 Å². The van der Waals surface area contributed by atoms with Crippen LogP contribution in [-0.4, -0.2) is 17.6 Å². The van der Waals surface area contributed by atoms with Crippen LogP contribution in [-0.2, 0) is 24.3 Å². The van der Waals surface area contributed by atoms with E-state index in [0.717, 1.165) is 53.6 Å². The van der Waals surface area contributed by atoms with Crippen molar-refractivity contribution in [2.75, 3.05) is 12.4 Å². The van der Waals surface area contributed by atoms with Gasteiger partial charge in [0.2, 0.25) is 0 Å². The van der Waals surface area contributed by atoms with Crippen molar-refractivity contribution < 1.29 is 18.8 Å². The molecule has 5 rings (SSSR count). The van der Waals surface area contributed by atoms with Crippen LogP contribution in [0.15, 0.2) is 85.1 Å². The Morgan fingerprint density at radius 3 is 2.36 bits per heavy atom. The minimum Gasteiger partial charge on any atom is -0.497 e. The number of rotatable bonds is 7. The van der Waals surface area contributed by atoms with Gasteiger partial charge in [0.05, 0.1) is 20.1 Å². The van der Waals surface area contributed by atoms with E-state index in [0.29, 0.717) is 0 Å². The minimum atomic E-state index is -0.0571. The average molecular weight is 441 g/mol. The number of hydrogen-bond acceptors (Lipinski definition) is 3. The maximum Gasteiger partial charge on any atom is 0.266 e. The van der Waals surface area contributed by atoms with E-state index >= 15 is 0 Å². The van der Waals surface area contributed by atoms with Crippen LogP contribution in [0.4, 0.5) is 5.69 Å². The number of ether oxygens (including phenoxy) is 2. The van der Waals surface area contributed by atoms with Crippen molar-refractivity contribution in [3.8, 4) is 28.5 Å². The van der Waals surface area contributed by atoms with Gasteiger partial charge in [-0.25, -0.2) is 9.13 Å². The van der Waals surface area contributed by atoms with Gasteiger partial charge in [-0.1, -0.05) is 18.2 Å². The molecule has 166 valence electrons. The van der Waals surface area contributed by atoms with Crippen LogP contribution >= 0.6 is 0 Å². The Kier molecular flexibility index (Phi) is 5.81. The summed E-state index contributed by atoms with van der Waals surface area (Å²) in [5.74, 6) is 3.46. The van der Waals surface area contributed by atoms with Gasteiger partial charge >= 0.3 is 0 Å². The topological polar surface area (TPSA) is 56.4 Å². The molecule has 33 heavy (non-hydrogen) atoms. The number of nitrogens with one attached hydrogen (secondary N) is 1. The number of anilines is 1. The van der Waals surface area contributed by atoms with E-state index in [1.807, 2.05) is 66.7 Å². The fourth-order valence-electron chi connectivity index (χ4n) is 4.22. The number of amides is 1. The molecule has 1 aliphatic heterocycles. The Bertz CT molecular complexity index is 1250. The van der Waals surface area contributed by atoms with Gasteiger partial charge in [-0.2, -0.15) is 0 Å². The van der Waals surface area contributed by atoms with E-state index in [2.05, 4.69) is 32.8 Å². The minimum absolute atomic E-state index is 0.0571. The summed E-state index contributed by atoms with van der Waals surface area (Å²) < 4.78 is 15.5. The summed E-state index contributed by atoms with van der Waals surface area (Å²) >= 11 is 0. The lowest BCUT2D eigenvalue weighted by Crippen LogP contribution is -2.42. The van der Waals surface area contributed by atoms with Crippen LogP contribution in [0.3, 0.4) is 0 Å².